The fourth-order valence-corrected chi connectivity index (χ4v) is 4.35. The Kier molecular flexibility index (Phi) is 4.90. The number of pyridine rings is 1. The van der Waals surface area contributed by atoms with Gasteiger partial charge >= 0.3 is 5.69 Å². The number of fused-ring (bicyclic) bond motifs is 2. The van der Waals surface area contributed by atoms with E-state index in [0.29, 0.717) is 46.9 Å². The highest BCUT2D eigenvalue weighted by atomic mass is 16.5. The molecule has 0 saturated carbocycles. The molecule has 0 unspecified atom stereocenters. The van der Waals surface area contributed by atoms with Crippen LogP contribution in [0.4, 0.5) is 0 Å². The molecule has 8 heteroatoms. The van der Waals surface area contributed by atoms with Crippen molar-refractivity contribution in [2.45, 2.75) is 18.9 Å². The molecule has 0 aliphatic carbocycles. The molecule has 0 bridgehead atoms. The van der Waals surface area contributed by atoms with E-state index >= 15 is 0 Å². The third-order valence-electron chi connectivity index (χ3n) is 6.09. The number of hydrogen-bond donors (Lipinski definition) is 2. The highest BCUT2D eigenvalue weighted by molar-refractivity contribution is 5.93. The minimum Gasteiger partial charge on any atom is -0.489 e. The average molecular weight is 452 g/mol. The molecule has 1 aliphatic heterocycles. The second-order valence-electron chi connectivity index (χ2n) is 8.28. The Morgan fingerprint density at radius 1 is 1.00 bits per heavy atom. The van der Waals surface area contributed by atoms with Crippen LogP contribution in [0.25, 0.3) is 44.6 Å². The normalized spacial score (nSPS) is 14.4. The Balaban J connectivity index is 1.38. The molecule has 1 aliphatic rings. The number of nitrogens with zero attached hydrogens (tertiary/aromatic N) is 2. The van der Waals surface area contributed by atoms with E-state index in [4.69, 9.17) is 13.9 Å². The monoisotopic (exact) mass is 452 g/mol. The number of nitriles is 1. The van der Waals surface area contributed by atoms with Crippen LogP contribution in [0.5, 0.6) is 5.75 Å². The zero-order valence-electron chi connectivity index (χ0n) is 18.1. The van der Waals surface area contributed by atoms with Crippen LogP contribution in [0.15, 0.2) is 63.9 Å². The average Bonchev–Trinajstić information content (AvgIpc) is 3.47. The Labute approximate surface area is 193 Å². The minimum absolute atomic E-state index is 0.0549. The van der Waals surface area contributed by atoms with Crippen LogP contribution in [-0.4, -0.2) is 34.3 Å². The summed E-state index contributed by atoms with van der Waals surface area (Å²) in [5.41, 5.74) is 5.49. The van der Waals surface area contributed by atoms with Gasteiger partial charge < -0.3 is 23.9 Å². The Morgan fingerprint density at radius 3 is 2.68 bits per heavy atom. The Hall–Kier alpha value is -4.35. The van der Waals surface area contributed by atoms with E-state index < -0.39 is 0 Å². The standard InChI is InChI=1S/C26H20N4O4/c27-14-17-11-15(2-4-23(17)33-18-6-9-32-10-7-18)19-5-8-28-22-13-24(34-25(19)22)16-1-3-20-21(12-16)30-26(31)29-20/h1-5,8,11-13,18H,6-7,9-10H2,(H2,29,30,31). The number of hydrogen-bond acceptors (Lipinski definition) is 6. The summed E-state index contributed by atoms with van der Waals surface area (Å²) in [5.74, 6) is 1.22. The van der Waals surface area contributed by atoms with Gasteiger partial charge in [-0.15, -0.1) is 0 Å². The van der Waals surface area contributed by atoms with Crippen molar-refractivity contribution < 1.29 is 13.9 Å². The molecule has 0 radical (unpaired) electrons. The first-order valence-electron chi connectivity index (χ1n) is 11.1. The molecule has 2 aromatic carbocycles. The summed E-state index contributed by atoms with van der Waals surface area (Å²) in [6.07, 6.45) is 3.41. The predicted octanol–water partition coefficient (Wildman–Crippen LogP) is 4.76. The number of H-pyrrole nitrogens is 2. The van der Waals surface area contributed by atoms with E-state index in [9.17, 15) is 10.1 Å². The first-order valence-corrected chi connectivity index (χ1v) is 11.1. The topological polar surface area (TPSA) is 117 Å². The molecule has 168 valence electrons. The van der Waals surface area contributed by atoms with E-state index in [2.05, 4.69) is 21.0 Å². The maximum atomic E-state index is 11.6. The van der Waals surface area contributed by atoms with Crippen molar-refractivity contribution in [2.24, 2.45) is 0 Å². The molecular formula is C26H20N4O4. The van der Waals surface area contributed by atoms with Gasteiger partial charge in [-0.1, -0.05) is 6.07 Å². The number of rotatable bonds is 4. The number of aromatic amines is 2. The van der Waals surface area contributed by atoms with Gasteiger partial charge in [-0.3, -0.25) is 4.98 Å². The van der Waals surface area contributed by atoms with Crippen molar-refractivity contribution in [3.63, 3.8) is 0 Å². The van der Waals surface area contributed by atoms with Gasteiger partial charge in [-0.05, 0) is 42.0 Å². The molecular weight excluding hydrogens is 432 g/mol. The smallest absolute Gasteiger partial charge is 0.323 e. The molecule has 4 heterocycles. The van der Waals surface area contributed by atoms with Crippen LogP contribution >= 0.6 is 0 Å². The SMILES string of the molecule is N#Cc1cc(-c2ccnc3cc(-c4ccc5[nH]c(=O)[nH]c5c4)oc23)ccc1OC1CCOCC1. The summed E-state index contributed by atoms with van der Waals surface area (Å²) in [4.78, 5) is 21.6. The van der Waals surface area contributed by atoms with Crippen LogP contribution in [0, 0.1) is 11.3 Å². The summed E-state index contributed by atoms with van der Waals surface area (Å²) in [7, 11) is 0. The molecule has 0 atom stereocenters. The largest absolute Gasteiger partial charge is 0.489 e. The second kappa shape index (κ2) is 8.21. The molecule has 8 nitrogen and oxygen atoms in total. The van der Waals surface area contributed by atoms with Gasteiger partial charge in [0.25, 0.3) is 0 Å². The van der Waals surface area contributed by atoms with E-state index in [-0.39, 0.29) is 11.8 Å². The van der Waals surface area contributed by atoms with E-state index in [1.165, 1.54) is 0 Å². The first-order chi connectivity index (χ1) is 16.7. The van der Waals surface area contributed by atoms with Gasteiger partial charge in [-0.25, -0.2) is 4.79 Å². The Bertz CT molecular complexity index is 1620. The maximum absolute atomic E-state index is 11.6. The third-order valence-corrected chi connectivity index (χ3v) is 6.09. The summed E-state index contributed by atoms with van der Waals surface area (Å²) < 4.78 is 17.7. The van der Waals surface area contributed by atoms with Gasteiger partial charge in [0.15, 0.2) is 5.58 Å². The van der Waals surface area contributed by atoms with E-state index in [0.717, 1.165) is 35.0 Å². The molecule has 6 rings (SSSR count). The van der Waals surface area contributed by atoms with Crippen molar-refractivity contribution in [1.29, 1.82) is 5.26 Å². The highest BCUT2D eigenvalue weighted by Crippen LogP contribution is 2.36. The number of imidazole rings is 1. The zero-order valence-corrected chi connectivity index (χ0v) is 18.1. The van der Waals surface area contributed by atoms with Gasteiger partial charge in [0.1, 0.15) is 29.2 Å². The second-order valence-corrected chi connectivity index (χ2v) is 8.28. The molecule has 0 spiro atoms. The lowest BCUT2D eigenvalue weighted by atomic mass is 10.0. The van der Waals surface area contributed by atoms with Crippen molar-refractivity contribution in [1.82, 2.24) is 15.0 Å². The molecule has 0 amide bonds. The van der Waals surface area contributed by atoms with Crippen molar-refractivity contribution in [3.05, 3.63) is 70.8 Å². The van der Waals surface area contributed by atoms with E-state index in [1.54, 1.807) is 6.20 Å². The first kappa shape index (κ1) is 20.3. The predicted molar refractivity (Wildman–Crippen MR) is 127 cm³/mol. The van der Waals surface area contributed by atoms with Gasteiger partial charge in [0, 0.05) is 36.2 Å². The van der Waals surface area contributed by atoms with Gasteiger partial charge in [0.2, 0.25) is 0 Å². The molecule has 5 aromatic rings. The number of furan rings is 1. The van der Waals surface area contributed by atoms with Gasteiger partial charge in [-0.2, -0.15) is 5.26 Å². The highest BCUT2D eigenvalue weighted by Gasteiger charge is 2.19. The minimum atomic E-state index is -0.252. The van der Waals surface area contributed by atoms with Crippen molar-refractivity contribution in [3.8, 4) is 34.3 Å². The van der Waals surface area contributed by atoms with E-state index in [1.807, 2.05) is 48.5 Å². The number of benzene rings is 2. The van der Waals surface area contributed by atoms with Crippen molar-refractivity contribution in [2.75, 3.05) is 13.2 Å². The zero-order chi connectivity index (χ0) is 23.1. The molecule has 1 saturated heterocycles. The lowest BCUT2D eigenvalue weighted by Crippen LogP contribution is -2.26. The molecule has 2 N–H and O–H groups in total. The van der Waals surface area contributed by atoms with Crippen LogP contribution < -0.4 is 10.4 Å². The summed E-state index contributed by atoms with van der Waals surface area (Å²) in [6.45, 7) is 1.35. The van der Waals surface area contributed by atoms with Crippen LogP contribution in [-0.2, 0) is 4.74 Å². The fourth-order valence-electron chi connectivity index (χ4n) is 4.35. The number of nitrogens with one attached hydrogen (secondary N) is 2. The maximum Gasteiger partial charge on any atom is 0.323 e. The lowest BCUT2D eigenvalue weighted by Gasteiger charge is -2.23. The summed E-state index contributed by atoms with van der Waals surface area (Å²) >= 11 is 0. The summed E-state index contributed by atoms with van der Waals surface area (Å²) in [6, 6.07) is 17.2. The Morgan fingerprint density at radius 2 is 1.82 bits per heavy atom. The molecule has 3 aromatic heterocycles. The van der Waals surface area contributed by atoms with Crippen LogP contribution in [0.1, 0.15) is 18.4 Å². The molecule has 1 fully saturated rings. The quantitative estimate of drug-likeness (QED) is 0.406. The third kappa shape index (κ3) is 3.62. The molecule has 34 heavy (non-hydrogen) atoms. The lowest BCUT2D eigenvalue weighted by molar-refractivity contribution is 0.0254. The fraction of sp³-hybridized carbons (Fsp3) is 0.192. The van der Waals surface area contributed by atoms with Crippen molar-refractivity contribution >= 4 is 22.1 Å². The number of ether oxygens (including phenoxy) is 2. The number of aromatic nitrogens is 3. The van der Waals surface area contributed by atoms with Gasteiger partial charge in [0.05, 0.1) is 29.8 Å². The van der Waals surface area contributed by atoms with Crippen LogP contribution in [0.2, 0.25) is 0 Å². The summed E-state index contributed by atoms with van der Waals surface area (Å²) in [5, 5.41) is 9.76. The van der Waals surface area contributed by atoms with Crippen LogP contribution in [0.3, 0.4) is 0 Å².